The van der Waals surface area contributed by atoms with E-state index in [1.54, 1.807) is 0 Å². The number of aliphatic hydroxyl groups excluding tert-OH is 2. The monoisotopic (exact) mass is 1660 g/mol. The van der Waals surface area contributed by atoms with E-state index in [0.717, 1.165) is 135 Å². The lowest BCUT2D eigenvalue weighted by Gasteiger charge is -2.21. The summed E-state index contributed by atoms with van der Waals surface area (Å²) in [6.45, 7) is 2.54. The van der Waals surface area contributed by atoms with Crippen LogP contribution in [0.4, 0.5) is 0 Å². The number of ether oxygens (including phenoxy) is 3. The zero-order chi connectivity index (χ0) is 83.6. The number of hydrogen-bond acceptors (Lipinski definition) is 14. The molecule has 0 saturated carbocycles. The molecule has 5 atom stereocenters. The zero-order valence-corrected chi connectivity index (χ0v) is 75.2. The van der Waals surface area contributed by atoms with Crippen LogP contribution in [0, 0.1) is 0 Å². The summed E-state index contributed by atoms with van der Waals surface area (Å²) in [5.41, 5.74) is 0. The molecule has 0 bridgehead atoms. The Morgan fingerprint density at radius 3 is 0.730 bits per heavy atom. The molecular weight excluding hydrogens is 1480 g/mol. The highest BCUT2D eigenvalue weighted by Crippen LogP contribution is 2.45. The van der Waals surface area contributed by atoms with E-state index in [9.17, 15) is 43.5 Å². The molecule has 0 rings (SSSR count). The van der Waals surface area contributed by atoms with Gasteiger partial charge in [0.2, 0.25) is 0 Å². The van der Waals surface area contributed by atoms with Crippen molar-refractivity contribution in [1.29, 1.82) is 0 Å². The molecule has 0 aliphatic carbocycles. The lowest BCUT2D eigenvalue weighted by Crippen LogP contribution is -2.30. The Morgan fingerprint density at radius 1 is 0.252 bits per heavy atom. The molecule has 0 spiro atoms. The van der Waals surface area contributed by atoms with E-state index in [0.29, 0.717) is 19.3 Å². The fraction of sp³-hybridized carbons (Fsp3) is 0.763. The van der Waals surface area contributed by atoms with E-state index in [4.69, 9.17) is 32.3 Å². The summed E-state index contributed by atoms with van der Waals surface area (Å²) in [6, 6.07) is 0. The quantitative estimate of drug-likeness (QED) is 0.0146. The van der Waals surface area contributed by atoms with Crippen molar-refractivity contribution in [3.05, 3.63) is 122 Å². The summed E-state index contributed by atoms with van der Waals surface area (Å²) in [5.74, 6) is -1.55. The number of rotatable bonds is 89. The standard InChI is InChI=1S/C97H172O16P2/c1-4-7-10-13-16-19-22-25-28-30-32-34-36-38-40-42-43-44-45-46-47-49-51-52-54-56-58-60-63-65-68-71-74-77-80-83-95(100)107-86-92(98)87-109-114(103,104)110-88-93(99)89-111-115(105,106)112-91-94(113-97(102)85-82-79-76-73-70-67-62-27-24-21-18-15-12-9-6-3)90-108-96(101)84-81-78-75-72-69-66-64-61-59-57-55-53-50-48-41-39-37-35-33-31-29-26-23-20-17-14-11-8-5-2/h7-8,10-11,16-17,19-20,25-26,28-29,32-35,38-41,92-94,98-99H,4-6,9,12-15,18,21-24,27,30-31,36-37,42-91H2,1-3H3,(H,103,104)(H,105,106)/b10-7-,11-8-,19-16-,20-17-,28-25-,29-26-,34-32-,35-33-,40-38-,41-39-. The zero-order valence-electron chi connectivity index (χ0n) is 73.4. The lowest BCUT2D eigenvalue weighted by molar-refractivity contribution is -0.161. The van der Waals surface area contributed by atoms with Gasteiger partial charge in [-0.1, -0.05) is 412 Å². The largest absolute Gasteiger partial charge is 0.472 e. The van der Waals surface area contributed by atoms with Crippen molar-refractivity contribution in [2.24, 2.45) is 0 Å². The molecular formula is C97H172O16P2. The van der Waals surface area contributed by atoms with Gasteiger partial charge < -0.3 is 34.2 Å². The van der Waals surface area contributed by atoms with Gasteiger partial charge in [-0.05, 0) is 109 Å². The predicted molar refractivity (Wildman–Crippen MR) is 482 cm³/mol. The highest BCUT2D eigenvalue weighted by molar-refractivity contribution is 7.47. The maximum Gasteiger partial charge on any atom is 0.472 e. The normalized spacial score (nSPS) is 14.3. The number of esters is 3. The number of unbranched alkanes of at least 4 members (excludes halogenated alkanes) is 46. The molecule has 0 aliphatic rings. The minimum absolute atomic E-state index is 0.109. The van der Waals surface area contributed by atoms with Crippen LogP contribution in [-0.4, -0.2) is 95.9 Å². The third-order valence-electron chi connectivity index (χ3n) is 20.2. The Balaban J connectivity index is 4.40. The van der Waals surface area contributed by atoms with E-state index in [2.05, 4.69) is 142 Å². The number of allylic oxidation sites excluding steroid dienone is 20. The van der Waals surface area contributed by atoms with Crippen molar-refractivity contribution in [2.75, 3.05) is 39.6 Å². The van der Waals surface area contributed by atoms with E-state index in [1.165, 1.54) is 225 Å². The molecule has 0 aliphatic heterocycles. The average molecular weight is 1660 g/mol. The minimum atomic E-state index is -4.93. The number of phosphoric acid groups is 2. The lowest BCUT2D eigenvalue weighted by atomic mass is 10.0. The summed E-state index contributed by atoms with van der Waals surface area (Å²) in [7, 11) is -9.79. The number of carbonyl (C=O) groups is 3. The van der Waals surface area contributed by atoms with Gasteiger partial charge in [0.05, 0.1) is 26.4 Å². The molecule has 0 heterocycles. The Morgan fingerprint density at radius 2 is 0.461 bits per heavy atom. The molecule has 0 amide bonds. The molecule has 0 fully saturated rings. The molecule has 0 aromatic heterocycles. The first-order valence-electron chi connectivity index (χ1n) is 46.8. The van der Waals surface area contributed by atoms with E-state index in [-0.39, 0.29) is 19.3 Å². The van der Waals surface area contributed by atoms with Crippen LogP contribution in [0.2, 0.25) is 0 Å². The van der Waals surface area contributed by atoms with Gasteiger partial charge in [-0.2, -0.15) is 0 Å². The number of aliphatic hydroxyl groups is 2. The molecule has 0 aromatic carbocycles. The van der Waals surface area contributed by atoms with Gasteiger partial charge in [-0.15, -0.1) is 0 Å². The summed E-state index contributed by atoms with van der Waals surface area (Å²) in [5, 5.41) is 20.7. The van der Waals surface area contributed by atoms with E-state index >= 15 is 0 Å². The van der Waals surface area contributed by atoms with E-state index in [1.807, 2.05) is 0 Å². The highest BCUT2D eigenvalue weighted by Gasteiger charge is 2.30. The summed E-state index contributed by atoms with van der Waals surface area (Å²) in [6.07, 6.45) is 110. The Hall–Kier alpha value is -4.05. The van der Waals surface area contributed by atoms with Gasteiger partial charge in [-0.3, -0.25) is 32.5 Å². The number of hydrogen-bond donors (Lipinski definition) is 4. The molecule has 115 heavy (non-hydrogen) atoms. The second-order valence-corrected chi connectivity index (χ2v) is 34.3. The third kappa shape index (κ3) is 90.6. The van der Waals surface area contributed by atoms with Crippen molar-refractivity contribution in [3.8, 4) is 0 Å². The molecule has 0 aromatic rings. The first-order valence-corrected chi connectivity index (χ1v) is 49.8. The highest BCUT2D eigenvalue weighted by atomic mass is 31.2. The maximum atomic E-state index is 13.0. The molecule has 4 N–H and O–H groups in total. The second-order valence-electron chi connectivity index (χ2n) is 31.4. The van der Waals surface area contributed by atoms with Crippen molar-refractivity contribution in [3.63, 3.8) is 0 Å². The molecule has 666 valence electrons. The molecule has 0 radical (unpaired) electrons. The fourth-order valence-electron chi connectivity index (χ4n) is 13.2. The van der Waals surface area contributed by atoms with Crippen molar-refractivity contribution in [1.82, 2.24) is 0 Å². The average Bonchev–Trinajstić information content (AvgIpc) is 0.902. The van der Waals surface area contributed by atoms with Crippen LogP contribution in [0.15, 0.2) is 122 Å². The Kier molecular flexibility index (Phi) is 86.1. The van der Waals surface area contributed by atoms with Crippen LogP contribution in [0.5, 0.6) is 0 Å². The number of phosphoric ester groups is 2. The van der Waals surface area contributed by atoms with Crippen LogP contribution in [0.3, 0.4) is 0 Å². The first kappa shape index (κ1) is 111. The van der Waals surface area contributed by atoms with Crippen molar-refractivity contribution >= 4 is 33.6 Å². The van der Waals surface area contributed by atoms with Crippen LogP contribution < -0.4 is 0 Å². The van der Waals surface area contributed by atoms with Gasteiger partial charge in [0.25, 0.3) is 0 Å². The Labute approximate surface area is 703 Å². The van der Waals surface area contributed by atoms with Crippen LogP contribution in [0.25, 0.3) is 0 Å². The predicted octanol–water partition coefficient (Wildman–Crippen LogP) is 28.8. The maximum absolute atomic E-state index is 13.0. The van der Waals surface area contributed by atoms with Gasteiger partial charge in [0, 0.05) is 19.3 Å². The van der Waals surface area contributed by atoms with Crippen LogP contribution >= 0.6 is 15.6 Å². The summed E-state index contributed by atoms with van der Waals surface area (Å²) >= 11 is 0. The van der Waals surface area contributed by atoms with Gasteiger partial charge >= 0.3 is 33.6 Å². The Bertz CT molecular complexity index is 2570. The third-order valence-corrected chi connectivity index (χ3v) is 22.1. The summed E-state index contributed by atoms with van der Waals surface area (Å²) < 4.78 is 61.5. The first-order chi connectivity index (χ1) is 56.2. The minimum Gasteiger partial charge on any atom is -0.463 e. The fourth-order valence-corrected chi connectivity index (χ4v) is 14.7. The molecule has 5 unspecified atom stereocenters. The van der Waals surface area contributed by atoms with Crippen molar-refractivity contribution in [2.45, 2.75) is 437 Å². The molecule has 0 saturated heterocycles. The van der Waals surface area contributed by atoms with E-state index < -0.39 is 91.5 Å². The van der Waals surface area contributed by atoms with Gasteiger partial charge in [-0.25, -0.2) is 9.13 Å². The SMILES string of the molecule is CC/C=C\C/C=C\C/C=C\C/C=C\C/C=C\CCCCCCCCCCCCCCCCCCCCCC(=O)OCC(O)COP(=O)(O)OCC(O)COP(=O)(O)OCC(COC(=O)CCCCCCCCCCCCCCC/C=C\C/C=C\C/C=C\C/C=C\C/C=C\CC)OC(=O)CCCCCCCCCCCCCCCCC. The molecule has 18 heteroatoms. The topological polar surface area (TPSA) is 231 Å². The number of carbonyl (C=O) groups excluding carboxylic acids is 3. The second kappa shape index (κ2) is 89.2. The van der Waals surface area contributed by atoms with Crippen molar-refractivity contribution < 1.29 is 75.8 Å². The molecule has 16 nitrogen and oxygen atoms in total. The smallest absolute Gasteiger partial charge is 0.463 e. The summed E-state index contributed by atoms with van der Waals surface area (Å²) in [4.78, 5) is 58.9. The van der Waals surface area contributed by atoms with Crippen LogP contribution in [-0.2, 0) is 55.8 Å². The van der Waals surface area contributed by atoms with Gasteiger partial charge in [0.15, 0.2) is 6.10 Å². The van der Waals surface area contributed by atoms with Gasteiger partial charge in [0.1, 0.15) is 25.4 Å². The van der Waals surface area contributed by atoms with Crippen LogP contribution in [0.1, 0.15) is 419 Å².